The molecule has 4 nitrogen and oxygen atoms in total. The van der Waals surface area contributed by atoms with E-state index < -0.39 is 0 Å². The average Bonchev–Trinajstić information content (AvgIpc) is 2.32. The van der Waals surface area contributed by atoms with Crippen molar-refractivity contribution in [3.63, 3.8) is 0 Å². The summed E-state index contributed by atoms with van der Waals surface area (Å²) in [6.45, 7) is 0. The van der Waals surface area contributed by atoms with Crippen LogP contribution in [0.5, 0.6) is 0 Å². The molecule has 0 unspecified atom stereocenters. The minimum atomic E-state index is -0.0542. The van der Waals surface area contributed by atoms with Crippen molar-refractivity contribution in [3.05, 3.63) is 53.2 Å². The molecule has 0 bridgehead atoms. The molecule has 1 aliphatic rings. The van der Waals surface area contributed by atoms with Gasteiger partial charge in [0.05, 0.1) is 6.42 Å². The number of pyridine rings is 1. The van der Waals surface area contributed by atoms with Crippen molar-refractivity contribution < 1.29 is 4.79 Å². The minimum absolute atomic E-state index is 0.0542. The van der Waals surface area contributed by atoms with Crippen molar-refractivity contribution in [1.82, 2.24) is 4.98 Å². The number of hydrogen-bond acceptors (Lipinski definition) is 3. The molecule has 0 aliphatic carbocycles. The van der Waals surface area contributed by atoms with E-state index >= 15 is 0 Å². The summed E-state index contributed by atoms with van der Waals surface area (Å²) in [5, 5.41) is 2.83. The van der Waals surface area contributed by atoms with E-state index in [4.69, 9.17) is 5.73 Å². The molecule has 0 spiro atoms. The second-order valence-corrected chi connectivity index (χ2v) is 4.44. The summed E-state index contributed by atoms with van der Waals surface area (Å²) in [7, 11) is 0. The molecule has 1 aliphatic heterocycles. The third-order valence-corrected chi connectivity index (χ3v) is 3.11. The number of nitrogen functional groups attached to an aromatic ring is 1. The second kappa shape index (κ2) is 4.14. The van der Waals surface area contributed by atoms with Crippen molar-refractivity contribution in [1.29, 1.82) is 0 Å². The number of carbonyl (C=O) groups is 1. The minimum Gasteiger partial charge on any atom is -0.399 e. The van der Waals surface area contributed by atoms with Crippen LogP contribution in [-0.2, 0) is 17.6 Å². The molecule has 2 aromatic rings. The maximum atomic E-state index is 11.9. The summed E-state index contributed by atoms with van der Waals surface area (Å²) in [6.07, 6.45) is 2.79. The molecule has 1 aromatic heterocycles. The first kappa shape index (κ1) is 10.8. The number of hydrogen-bond donors (Lipinski definition) is 2. The van der Waals surface area contributed by atoms with Gasteiger partial charge in [-0.2, -0.15) is 0 Å². The van der Waals surface area contributed by atoms with E-state index in [9.17, 15) is 4.79 Å². The lowest BCUT2D eigenvalue weighted by molar-refractivity contribution is -0.115. The molecular formula is C14H13N3O. The first-order chi connectivity index (χ1) is 8.72. The van der Waals surface area contributed by atoms with Gasteiger partial charge in [0.15, 0.2) is 0 Å². The summed E-state index contributed by atoms with van der Waals surface area (Å²) in [5.74, 6) is 0.603. The van der Waals surface area contributed by atoms with Crippen LogP contribution >= 0.6 is 0 Å². The Morgan fingerprint density at radius 2 is 2.00 bits per heavy atom. The number of nitrogens with one attached hydrogen (secondary N) is 1. The number of nitrogens with two attached hydrogens (primary N) is 1. The van der Waals surface area contributed by atoms with Gasteiger partial charge in [-0.1, -0.05) is 12.1 Å². The normalized spacial score (nSPS) is 13.9. The molecule has 3 rings (SSSR count). The highest BCUT2D eigenvalue weighted by atomic mass is 16.1. The number of rotatable bonds is 0. The highest BCUT2D eigenvalue weighted by Crippen LogP contribution is 2.24. The fourth-order valence-electron chi connectivity index (χ4n) is 2.23. The van der Waals surface area contributed by atoms with Crippen LogP contribution in [0.4, 0.5) is 11.5 Å². The predicted octanol–water partition coefficient (Wildman–Crippen LogP) is 1.75. The van der Waals surface area contributed by atoms with E-state index in [-0.39, 0.29) is 5.91 Å². The number of carbonyl (C=O) groups excluding carboxylic acids is 1. The van der Waals surface area contributed by atoms with Gasteiger partial charge in [0.2, 0.25) is 5.91 Å². The first-order valence-electron chi connectivity index (χ1n) is 5.83. The van der Waals surface area contributed by atoms with Gasteiger partial charge in [-0.3, -0.25) is 4.79 Å². The van der Waals surface area contributed by atoms with Crippen LogP contribution in [0.3, 0.4) is 0 Å². The molecule has 3 N–H and O–H groups in total. The lowest BCUT2D eigenvalue weighted by atomic mass is 9.96. The molecule has 4 heteroatoms. The van der Waals surface area contributed by atoms with E-state index in [1.807, 2.05) is 30.3 Å². The molecule has 0 saturated heterocycles. The molecule has 0 saturated carbocycles. The number of benzene rings is 1. The topological polar surface area (TPSA) is 68.0 Å². The lowest BCUT2D eigenvalue weighted by Gasteiger charge is -2.17. The third kappa shape index (κ3) is 1.93. The number of aromatic nitrogens is 1. The van der Waals surface area contributed by atoms with Crippen molar-refractivity contribution in [2.45, 2.75) is 12.8 Å². The van der Waals surface area contributed by atoms with Crippen LogP contribution in [0.2, 0.25) is 0 Å². The number of fused-ring (bicyclic) bond motifs is 2. The van der Waals surface area contributed by atoms with Crippen molar-refractivity contribution in [3.8, 4) is 0 Å². The largest absolute Gasteiger partial charge is 0.399 e. The smallest absolute Gasteiger partial charge is 0.229 e. The van der Waals surface area contributed by atoms with E-state index in [0.717, 1.165) is 23.1 Å². The predicted molar refractivity (Wildman–Crippen MR) is 70.2 cm³/mol. The second-order valence-electron chi connectivity index (χ2n) is 4.44. The van der Waals surface area contributed by atoms with E-state index in [0.29, 0.717) is 17.9 Å². The van der Waals surface area contributed by atoms with Gasteiger partial charge in [0, 0.05) is 18.3 Å². The zero-order valence-corrected chi connectivity index (χ0v) is 9.81. The van der Waals surface area contributed by atoms with Crippen molar-refractivity contribution in [2.24, 2.45) is 0 Å². The molecule has 1 amide bonds. The van der Waals surface area contributed by atoms with E-state index in [2.05, 4.69) is 10.3 Å². The molecule has 0 atom stereocenters. The average molecular weight is 239 g/mol. The van der Waals surface area contributed by atoms with E-state index in [1.165, 1.54) is 0 Å². The van der Waals surface area contributed by atoms with Crippen LogP contribution in [0.25, 0.3) is 0 Å². The van der Waals surface area contributed by atoms with Gasteiger partial charge >= 0.3 is 0 Å². The molecule has 2 heterocycles. The maximum Gasteiger partial charge on any atom is 0.229 e. The Morgan fingerprint density at radius 1 is 1.11 bits per heavy atom. The Bertz CT molecular complexity index is 622. The molecule has 0 radical (unpaired) electrons. The molecule has 90 valence electrons. The Morgan fingerprint density at radius 3 is 2.89 bits per heavy atom. The summed E-state index contributed by atoms with van der Waals surface area (Å²) in [5.41, 5.74) is 9.60. The van der Waals surface area contributed by atoms with Crippen LogP contribution in [-0.4, -0.2) is 10.9 Å². The van der Waals surface area contributed by atoms with Gasteiger partial charge in [-0.25, -0.2) is 4.98 Å². The summed E-state index contributed by atoms with van der Waals surface area (Å²) in [6, 6.07) is 9.59. The Hall–Kier alpha value is -2.36. The molecule has 0 fully saturated rings. The highest BCUT2D eigenvalue weighted by molar-refractivity contribution is 5.93. The van der Waals surface area contributed by atoms with Crippen LogP contribution in [0.1, 0.15) is 16.7 Å². The van der Waals surface area contributed by atoms with Crippen LogP contribution in [0, 0.1) is 0 Å². The summed E-state index contributed by atoms with van der Waals surface area (Å²) >= 11 is 0. The van der Waals surface area contributed by atoms with Crippen molar-refractivity contribution in [2.75, 3.05) is 11.1 Å². The Balaban J connectivity index is 2.12. The standard InChI is InChI=1S/C14H13N3O/c15-12-4-3-9-6-10-2-1-5-16-14(10)17-13(18)8-11(9)7-12/h1-5,7H,6,8,15H2,(H,16,17,18). The zero-order chi connectivity index (χ0) is 12.5. The van der Waals surface area contributed by atoms with Crippen molar-refractivity contribution >= 4 is 17.4 Å². The number of nitrogens with zero attached hydrogens (tertiary/aromatic N) is 1. The van der Waals surface area contributed by atoms with E-state index in [1.54, 1.807) is 6.20 Å². The quantitative estimate of drug-likeness (QED) is 0.688. The fraction of sp³-hybridized carbons (Fsp3) is 0.143. The van der Waals surface area contributed by atoms with Crippen LogP contribution < -0.4 is 11.1 Å². The van der Waals surface area contributed by atoms with Gasteiger partial charge in [-0.15, -0.1) is 0 Å². The summed E-state index contributed by atoms with van der Waals surface area (Å²) in [4.78, 5) is 16.1. The van der Waals surface area contributed by atoms with Gasteiger partial charge in [0.25, 0.3) is 0 Å². The monoisotopic (exact) mass is 239 g/mol. The van der Waals surface area contributed by atoms with Gasteiger partial charge < -0.3 is 11.1 Å². The Kier molecular flexibility index (Phi) is 2.48. The van der Waals surface area contributed by atoms with Crippen LogP contribution in [0.15, 0.2) is 36.5 Å². The number of anilines is 2. The fourth-order valence-corrected chi connectivity index (χ4v) is 2.23. The summed E-state index contributed by atoms with van der Waals surface area (Å²) < 4.78 is 0. The maximum absolute atomic E-state index is 11.9. The molecule has 1 aromatic carbocycles. The first-order valence-corrected chi connectivity index (χ1v) is 5.83. The molecule has 18 heavy (non-hydrogen) atoms. The van der Waals surface area contributed by atoms with Gasteiger partial charge in [-0.05, 0) is 34.9 Å². The zero-order valence-electron chi connectivity index (χ0n) is 9.81. The van der Waals surface area contributed by atoms with Gasteiger partial charge in [0.1, 0.15) is 5.82 Å². The highest BCUT2D eigenvalue weighted by Gasteiger charge is 2.16. The SMILES string of the molecule is Nc1ccc2c(c1)CC(=O)Nc1ncccc1C2. The molecular weight excluding hydrogens is 226 g/mol. The third-order valence-electron chi connectivity index (χ3n) is 3.11. The Labute approximate surface area is 105 Å². The number of amides is 1. The lowest BCUT2D eigenvalue weighted by Crippen LogP contribution is -2.20.